The second kappa shape index (κ2) is 8.60. The van der Waals surface area contributed by atoms with E-state index >= 15 is 0 Å². The molecule has 1 aliphatic carbocycles. The van der Waals surface area contributed by atoms with Gasteiger partial charge in [0.1, 0.15) is 5.82 Å². The van der Waals surface area contributed by atoms with Gasteiger partial charge in [-0.15, -0.1) is 24.8 Å². The van der Waals surface area contributed by atoms with E-state index in [4.69, 9.17) is 4.98 Å². The summed E-state index contributed by atoms with van der Waals surface area (Å²) in [4.78, 5) is 23.8. The van der Waals surface area contributed by atoms with E-state index < -0.39 is 0 Å². The summed E-state index contributed by atoms with van der Waals surface area (Å²) in [5.74, 6) is 2.51. The first-order chi connectivity index (χ1) is 12.8. The number of halogens is 2. The third kappa shape index (κ3) is 3.53. The van der Waals surface area contributed by atoms with E-state index in [0.717, 1.165) is 62.3 Å². The van der Waals surface area contributed by atoms with Crippen molar-refractivity contribution in [2.75, 3.05) is 26.2 Å². The first-order valence-electron chi connectivity index (χ1n) is 10.2. The number of hydrogen-bond donors (Lipinski definition) is 2. The number of para-hydroxylation sites is 2. The zero-order valence-electron chi connectivity index (χ0n) is 16.2. The van der Waals surface area contributed by atoms with Gasteiger partial charge in [-0.25, -0.2) is 4.98 Å². The summed E-state index contributed by atoms with van der Waals surface area (Å²) >= 11 is 0. The van der Waals surface area contributed by atoms with Crippen molar-refractivity contribution < 1.29 is 4.79 Å². The molecule has 2 atom stereocenters. The molecule has 0 unspecified atom stereocenters. The summed E-state index contributed by atoms with van der Waals surface area (Å²) < 4.78 is 0. The standard InChI is InChI=1S/C21H28N4O.2ClH/c26-20(21-10-4-3-5-16(21)13-22-14-21)25-11-8-15(9-12-25)19-23-17-6-1-2-7-18(17)24-19;;/h1-2,6-7,15-16,22H,3-5,8-14H2,(H,23,24);2*1H/t16-,21+;;/m0../s1. The number of nitrogens with zero attached hydrogens (tertiary/aromatic N) is 2. The Labute approximate surface area is 178 Å². The smallest absolute Gasteiger partial charge is 0.230 e. The van der Waals surface area contributed by atoms with Crippen molar-refractivity contribution >= 4 is 41.8 Å². The fourth-order valence-corrected chi connectivity index (χ4v) is 5.51. The second-order valence-corrected chi connectivity index (χ2v) is 8.44. The fraction of sp³-hybridized carbons (Fsp3) is 0.619. The molecule has 3 fully saturated rings. The highest BCUT2D eigenvalue weighted by Gasteiger charge is 2.51. The summed E-state index contributed by atoms with van der Waals surface area (Å²) in [7, 11) is 0. The van der Waals surface area contributed by atoms with Crippen LogP contribution in [0, 0.1) is 11.3 Å². The molecule has 28 heavy (non-hydrogen) atoms. The topological polar surface area (TPSA) is 61.0 Å². The lowest BCUT2D eigenvalue weighted by molar-refractivity contribution is -0.146. The van der Waals surface area contributed by atoms with E-state index in [2.05, 4.69) is 27.3 Å². The van der Waals surface area contributed by atoms with E-state index in [1.54, 1.807) is 0 Å². The Morgan fingerprint density at radius 3 is 2.68 bits per heavy atom. The molecule has 5 nitrogen and oxygen atoms in total. The number of aromatic nitrogens is 2. The number of nitrogens with one attached hydrogen (secondary N) is 2. The average molecular weight is 425 g/mol. The fourth-order valence-electron chi connectivity index (χ4n) is 5.51. The summed E-state index contributed by atoms with van der Waals surface area (Å²) in [5.41, 5.74) is 2.05. The number of imidazole rings is 1. The molecule has 0 radical (unpaired) electrons. The van der Waals surface area contributed by atoms with Gasteiger partial charge in [-0.3, -0.25) is 4.79 Å². The zero-order valence-corrected chi connectivity index (χ0v) is 17.8. The third-order valence-corrected chi connectivity index (χ3v) is 7.04. The van der Waals surface area contributed by atoms with Crippen LogP contribution in [0.4, 0.5) is 0 Å². The number of carbonyl (C=O) groups excluding carboxylic acids is 1. The lowest BCUT2D eigenvalue weighted by Gasteiger charge is -2.42. The number of amides is 1. The largest absolute Gasteiger partial charge is 0.342 e. The number of carbonyl (C=O) groups is 1. The maximum atomic E-state index is 13.4. The molecule has 3 aliphatic rings. The molecule has 3 heterocycles. The number of hydrogen-bond acceptors (Lipinski definition) is 3. The van der Waals surface area contributed by atoms with Crippen molar-refractivity contribution in [3.8, 4) is 0 Å². The average Bonchev–Trinajstić information content (AvgIpc) is 3.32. The number of aromatic amines is 1. The van der Waals surface area contributed by atoms with Crippen LogP contribution >= 0.6 is 24.8 Å². The Balaban J connectivity index is 0.00000112. The first kappa shape index (κ1) is 21.4. The van der Waals surface area contributed by atoms with Crippen molar-refractivity contribution in [1.82, 2.24) is 20.2 Å². The highest BCUT2D eigenvalue weighted by molar-refractivity contribution is 5.86. The number of rotatable bonds is 2. The highest BCUT2D eigenvalue weighted by atomic mass is 35.5. The molecular formula is C21H30Cl2N4O. The maximum absolute atomic E-state index is 13.4. The number of likely N-dealkylation sites (tertiary alicyclic amines) is 1. The quantitative estimate of drug-likeness (QED) is 0.768. The van der Waals surface area contributed by atoms with Crippen LogP contribution in [0.25, 0.3) is 11.0 Å². The zero-order chi connectivity index (χ0) is 17.6. The second-order valence-electron chi connectivity index (χ2n) is 8.44. The van der Waals surface area contributed by atoms with Gasteiger partial charge >= 0.3 is 0 Å². The van der Waals surface area contributed by atoms with E-state index in [9.17, 15) is 4.79 Å². The molecule has 1 saturated carbocycles. The van der Waals surface area contributed by atoms with Crippen LogP contribution in [-0.4, -0.2) is 47.0 Å². The van der Waals surface area contributed by atoms with Crippen molar-refractivity contribution in [3.63, 3.8) is 0 Å². The molecule has 7 heteroatoms. The Morgan fingerprint density at radius 1 is 1.11 bits per heavy atom. The molecular weight excluding hydrogens is 395 g/mol. The minimum absolute atomic E-state index is 0. The molecule has 2 aromatic rings. The van der Waals surface area contributed by atoms with E-state index in [1.807, 2.05) is 12.1 Å². The molecule has 154 valence electrons. The van der Waals surface area contributed by atoms with Gasteiger partial charge in [0.2, 0.25) is 5.91 Å². The maximum Gasteiger partial charge on any atom is 0.230 e. The van der Waals surface area contributed by atoms with Gasteiger partial charge < -0.3 is 15.2 Å². The molecule has 1 aromatic heterocycles. The number of H-pyrrole nitrogens is 1. The molecule has 5 rings (SSSR count). The lowest BCUT2D eigenvalue weighted by Crippen LogP contribution is -2.51. The molecule has 2 aliphatic heterocycles. The number of piperidine rings is 1. The van der Waals surface area contributed by atoms with Crippen molar-refractivity contribution in [1.29, 1.82) is 0 Å². The van der Waals surface area contributed by atoms with Gasteiger partial charge in [0.25, 0.3) is 0 Å². The van der Waals surface area contributed by atoms with Crippen molar-refractivity contribution in [3.05, 3.63) is 30.1 Å². The lowest BCUT2D eigenvalue weighted by atomic mass is 9.67. The number of fused-ring (bicyclic) bond motifs is 2. The normalized spacial score (nSPS) is 27.7. The van der Waals surface area contributed by atoms with E-state index in [0.29, 0.717) is 17.7 Å². The first-order valence-corrected chi connectivity index (χ1v) is 10.2. The van der Waals surface area contributed by atoms with E-state index in [1.165, 1.54) is 19.3 Å². The van der Waals surface area contributed by atoms with Crippen LogP contribution in [0.5, 0.6) is 0 Å². The molecule has 1 aromatic carbocycles. The van der Waals surface area contributed by atoms with E-state index in [-0.39, 0.29) is 30.2 Å². The van der Waals surface area contributed by atoms with Gasteiger partial charge in [0, 0.05) is 25.6 Å². The minimum Gasteiger partial charge on any atom is -0.342 e. The molecule has 2 saturated heterocycles. The van der Waals surface area contributed by atoms with Crippen molar-refractivity contribution in [2.24, 2.45) is 11.3 Å². The van der Waals surface area contributed by atoms with Gasteiger partial charge in [0.15, 0.2) is 0 Å². The van der Waals surface area contributed by atoms with Crippen LogP contribution in [0.3, 0.4) is 0 Å². The van der Waals surface area contributed by atoms with Gasteiger partial charge in [0.05, 0.1) is 16.4 Å². The van der Waals surface area contributed by atoms with Crippen LogP contribution in [-0.2, 0) is 4.79 Å². The van der Waals surface area contributed by atoms with Gasteiger partial charge in [-0.05, 0) is 50.3 Å². The highest BCUT2D eigenvalue weighted by Crippen LogP contribution is 2.45. The SMILES string of the molecule is Cl.Cl.O=C(N1CCC(c2nc3ccccc3[nH]2)CC1)[C@@]12CCCC[C@H]1CNC2. The number of benzene rings is 1. The predicted octanol–water partition coefficient (Wildman–Crippen LogP) is 3.89. The van der Waals surface area contributed by atoms with Crippen molar-refractivity contribution in [2.45, 2.75) is 44.4 Å². The summed E-state index contributed by atoms with van der Waals surface area (Å²) in [6, 6.07) is 8.22. The molecule has 0 spiro atoms. The monoisotopic (exact) mass is 424 g/mol. The van der Waals surface area contributed by atoms with Crippen LogP contribution < -0.4 is 5.32 Å². The Hall–Kier alpha value is -1.30. The van der Waals surface area contributed by atoms with Crippen LogP contribution in [0.2, 0.25) is 0 Å². The summed E-state index contributed by atoms with van der Waals surface area (Å²) in [6.07, 6.45) is 6.82. The van der Waals surface area contributed by atoms with Crippen LogP contribution in [0.15, 0.2) is 24.3 Å². The van der Waals surface area contributed by atoms with Gasteiger partial charge in [-0.1, -0.05) is 25.0 Å². The predicted molar refractivity (Wildman–Crippen MR) is 116 cm³/mol. The Bertz CT molecular complexity index is 785. The summed E-state index contributed by atoms with van der Waals surface area (Å²) in [6.45, 7) is 3.66. The molecule has 2 N–H and O–H groups in total. The molecule has 0 bridgehead atoms. The third-order valence-electron chi connectivity index (χ3n) is 7.04. The van der Waals surface area contributed by atoms with Gasteiger partial charge in [-0.2, -0.15) is 0 Å². The van der Waals surface area contributed by atoms with Crippen LogP contribution in [0.1, 0.15) is 50.3 Å². The Kier molecular flexibility index (Phi) is 6.58. The molecule has 1 amide bonds. The summed E-state index contributed by atoms with van der Waals surface area (Å²) in [5, 5.41) is 3.51. The Morgan fingerprint density at radius 2 is 1.89 bits per heavy atom. The minimum atomic E-state index is -0.107.